The van der Waals surface area contributed by atoms with E-state index >= 15 is 0 Å². The van der Waals surface area contributed by atoms with Crippen LogP contribution in [0.25, 0.3) is 6.08 Å². The van der Waals surface area contributed by atoms with Crippen LogP contribution >= 0.6 is 11.6 Å². The summed E-state index contributed by atoms with van der Waals surface area (Å²) in [6.45, 7) is 7.51. The van der Waals surface area contributed by atoms with E-state index in [0.717, 1.165) is 35.5 Å². The van der Waals surface area contributed by atoms with Crippen LogP contribution in [0.3, 0.4) is 0 Å². The highest BCUT2D eigenvalue weighted by atomic mass is 35.5. The summed E-state index contributed by atoms with van der Waals surface area (Å²) in [7, 11) is 1.69. The lowest BCUT2D eigenvalue weighted by Gasteiger charge is -2.17. The second-order valence-electron chi connectivity index (χ2n) is 6.44. The fraction of sp³-hybridized carbons (Fsp3) is 0.333. The predicted molar refractivity (Wildman–Crippen MR) is 106 cm³/mol. The minimum atomic E-state index is -0.298. The standard InChI is InChI=1S/C21H24ClN3O/c1-5-9-25-15(2)10-18(16(25)3)12-19(13-23)21(26)24(4)14-17-7-6-8-20(22)11-17/h6-8,10-12H,5,9,14H2,1-4H3/b19-12-. The van der Waals surface area contributed by atoms with Gasteiger partial charge in [-0.05, 0) is 55.7 Å². The second-order valence-corrected chi connectivity index (χ2v) is 6.88. The molecule has 0 N–H and O–H groups in total. The molecule has 0 saturated heterocycles. The first-order valence-electron chi connectivity index (χ1n) is 8.65. The highest BCUT2D eigenvalue weighted by Crippen LogP contribution is 2.20. The Kier molecular flexibility index (Phi) is 6.65. The number of nitriles is 1. The number of likely N-dealkylation sites (N-methyl/N-ethyl adjacent to an activating group) is 1. The molecule has 0 atom stereocenters. The minimum absolute atomic E-state index is 0.131. The zero-order chi connectivity index (χ0) is 19.3. The van der Waals surface area contributed by atoms with Gasteiger partial charge in [-0.25, -0.2) is 0 Å². The average Bonchev–Trinajstić information content (AvgIpc) is 2.86. The van der Waals surface area contributed by atoms with Gasteiger partial charge in [0.05, 0.1) is 0 Å². The van der Waals surface area contributed by atoms with Crippen molar-refractivity contribution in [2.75, 3.05) is 7.05 Å². The third kappa shape index (κ3) is 4.56. The Hall–Kier alpha value is -2.51. The zero-order valence-electron chi connectivity index (χ0n) is 15.7. The maximum atomic E-state index is 12.7. The Labute approximate surface area is 160 Å². The molecule has 0 unspecified atom stereocenters. The molecular weight excluding hydrogens is 346 g/mol. The van der Waals surface area contributed by atoms with Gasteiger partial charge >= 0.3 is 0 Å². The Morgan fingerprint density at radius 1 is 1.35 bits per heavy atom. The van der Waals surface area contributed by atoms with Crippen molar-refractivity contribution in [3.8, 4) is 6.07 Å². The minimum Gasteiger partial charge on any atom is -0.349 e. The first-order chi connectivity index (χ1) is 12.4. The van der Waals surface area contributed by atoms with E-state index in [9.17, 15) is 10.1 Å². The van der Waals surface area contributed by atoms with Crippen LogP contribution in [0.4, 0.5) is 0 Å². The molecule has 0 aliphatic carbocycles. The smallest absolute Gasteiger partial charge is 0.264 e. The summed E-state index contributed by atoms with van der Waals surface area (Å²) in [5, 5.41) is 10.1. The zero-order valence-corrected chi connectivity index (χ0v) is 16.5. The Bertz CT molecular complexity index is 874. The molecule has 1 aromatic heterocycles. The van der Waals surface area contributed by atoms with Gasteiger partial charge in [-0.3, -0.25) is 4.79 Å². The highest BCUT2D eigenvalue weighted by Gasteiger charge is 2.17. The predicted octanol–water partition coefficient (Wildman–Crippen LogP) is 4.73. The molecule has 0 bridgehead atoms. The molecule has 2 aromatic rings. The van der Waals surface area contributed by atoms with Crippen LogP contribution in [0.5, 0.6) is 0 Å². The summed E-state index contributed by atoms with van der Waals surface area (Å²) >= 11 is 6.00. The normalized spacial score (nSPS) is 11.3. The highest BCUT2D eigenvalue weighted by molar-refractivity contribution is 6.30. The SMILES string of the molecule is CCCn1c(C)cc(/C=C(/C#N)C(=O)N(C)Cc2cccc(Cl)c2)c1C. The number of carbonyl (C=O) groups is 1. The third-order valence-corrected chi connectivity index (χ3v) is 4.60. The number of aryl methyl sites for hydroxylation is 1. The Morgan fingerprint density at radius 2 is 2.08 bits per heavy atom. The van der Waals surface area contributed by atoms with E-state index in [-0.39, 0.29) is 11.5 Å². The molecule has 2 rings (SSSR count). The van der Waals surface area contributed by atoms with Gasteiger partial charge in [-0.1, -0.05) is 30.7 Å². The van der Waals surface area contributed by atoms with Crippen molar-refractivity contribution in [3.63, 3.8) is 0 Å². The fourth-order valence-electron chi connectivity index (χ4n) is 3.03. The van der Waals surface area contributed by atoms with E-state index in [2.05, 4.69) is 17.6 Å². The number of nitrogens with zero attached hydrogens (tertiary/aromatic N) is 3. The van der Waals surface area contributed by atoms with Crippen LogP contribution in [0.2, 0.25) is 5.02 Å². The molecule has 4 nitrogen and oxygen atoms in total. The lowest BCUT2D eigenvalue weighted by atomic mass is 10.1. The van der Waals surface area contributed by atoms with Crippen LogP contribution in [-0.2, 0) is 17.9 Å². The molecular formula is C21H24ClN3O. The number of rotatable bonds is 6. The molecule has 26 heavy (non-hydrogen) atoms. The van der Waals surface area contributed by atoms with Crippen LogP contribution in [0, 0.1) is 25.2 Å². The quantitative estimate of drug-likeness (QED) is 0.545. The molecule has 0 radical (unpaired) electrons. The van der Waals surface area contributed by atoms with Crippen molar-refractivity contribution < 1.29 is 4.79 Å². The molecule has 1 amide bonds. The first-order valence-corrected chi connectivity index (χ1v) is 9.03. The van der Waals surface area contributed by atoms with Crippen molar-refractivity contribution >= 4 is 23.6 Å². The van der Waals surface area contributed by atoms with Crippen LogP contribution in [-0.4, -0.2) is 22.4 Å². The molecule has 1 heterocycles. The van der Waals surface area contributed by atoms with Gasteiger partial charge in [0.15, 0.2) is 0 Å². The van der Waals surface area contributed by atoms with Crippen molar-refractivity contribution in [3.05, 3.63) is 63.4 Å². The van der Waals surface area contributed by atoms with Gasteiger partial charge in [-0.15, -0.1) is 0 Å². The van der Waals surface area contributed by atoms with Crippen molar-refractivity contribution in [1.82, 2.24) is 9.47 Å². The Balaban J connectivity index is 2.24. The number of carbonyl (C=O) groups excluding carboxylic acids is 1. The molecule has 0 fully saturated rings. The largest absolute Gasteiger partial charge is 0.349 e. The van der Waals surface area contributed by atoms with Gasteiger partial charge in [0, 0.05) is 36.5 Å². The van der Waals surface area contributed by atoms with E-state index in [0.29, 0.717) is 11.6 Å². The summed E-state index contributed by atoms with van der Waals surface area (Å²) in [6.07, 6.45) is 2.72. The summed E-state index contributed by atoms with van der Waals surface area (Å²) in [6, 6.07) is 11.4. The summed E-state index contributed by atoms with van der Waals surface area (Å²) < 4.78 is 2.21. The maximum absolute atomic E-state index is 12.7. The summed E-state index contributed by atoms with van der Waals surface area (Å²) in [5.41, 5.74) is 4.17. The van der Waals surface area contributed by atoms with E-state index in [1.54, 1.807) is 19.2 Å². The molecule has 0 spiro atoms. The molecule has 0 aliphatic heterocycles. The Morgan fingerprint density at radius 3 is 2.69 bits per heavy atom. The van der Waals surface area contributed by atoms with E-state index < -0.39 is 0 Å². The summed E-state index contributed by atoms with van der Waals surface area (Å²) in [4.78, 5) is 14.2. The molecule has 0 aliphatic rings. The lowest BCUT2D eigenvalue weighted by Crippen LogP contribution is -2.27. The van der Waals surface area contributed by atoms with Crippen molar-refractivity contribution in [2.45, 2.75) is 40.3 Å². The van der Waals surface area contributed by atoms with Gasteiger partial charge in [0.2, 0.25) is 0 Å². The maximum Gasteiger partial charge on any atom is 0.264 e. The van der Waals surface area contributed by atoms with E-state index in [1.165, 1.54) is 4.90 Å². The fourth-order valence-corrected chi connectivity index (χ4v) is 3.24. The molecule has 5 heteroatoms. The monoisotopic (exact) mass is 369 g/mol. The number of benzene rings is 1. The third-order valence-electron chi connectivity index (χ3n) is 4.37. The number of hydrogen-bond donors (Lipinski definition) is 0. The number of hydrogen-bond acceptors (Lipinski definition) is 2. The van der Waals surface area contributed by atoms with Crippen LogP contribution < -0.4 is 0 Å². The van der Waals surface area contributed by atoms with Crippen molar-refractivity contribution in [2.24, 2.45) is 0 Å². The molecule has 0 saturated carbocycles. The van der Waals surface area contributed by atoms with Gasteiger partial charge in [0.25, 0.3) is 5.91 Å². The lowest BCUT2D eigenvalue weighted by molar-refractivity contribution is -0.125. The van der Waals surface area contributed by atoms with Gasteiger partial charge < -0.3 is 9.47 Å². The number of aromatic nitrogens is 1. The van der Waals surface area contributed by atoms with Crippen LogP contribution in [0.1, 0.15) is 35.9 Å². The van der Waals surface area contributed by atoms with Gasteiger partial charge in [0.1, 0.15) is 11.6 Å². The average molecular weight is 370 g/mol. The van der Waals surface area contributed by atoms with Gasteiger partial charge in [-0.2, -0.15) is 5.26 Å². The second kappa shape index (κ2) is 8.73. The van der Waals surface area contributed by atoms with E-state index in [1.807, 2.05) is 38.1 Å². The topological polar surface area (TPSA) is 49.0 Å². The summed E-state index contributed by atoms with van der Waals surface area (Å²) in [5.74, 6) is -0.298. The molecule has 1 aromatic carbocycles. The van der Waals surface area contributed by atoms with Crippen molar-refractivity contribution in [1.29, 1.82) is 5.26 Å². The van der Waals surface area contributed by atoms with E-state index in [4.69, 9.17) is 11.6 Å². The molecule has 136 valence electrons. The first kappa shape index (κ1) is 19.8. The van der Waals surface area contributed by atoms with Crippen LogP contribution in [0.15, 0.2) is 35.9 Å². The number of amides is 1. The number of halogens is 1.